The Morgan fingerprint density at radius 2 is 2.13 bits per heavy atom. The molecule has 0 radical (unpaired) electrons. The Hall–Kier alpha value is -2.54. The molecule has 1 aromatic carbocycles. The SMILES string of the molecule is CC[C@@H]1CN2CC[C@]3(C(=O)Nc4cccc(OC)c43)[C@@H]2C[C@H]1C(=COC)C(=O)OC. The maximum absolute atomic E-state index is 13.4. The summed E-state index contributed by atoms with van der Waals surface area (Å²) in [4.78, 5) is 28.4. The molecule has 1 amide bonds. The molecule has 7 nitrogen and oxygen atoms in total. The number of anilines is 1. The minimum Gasteiger partial charge on any atom is -0.504 e. The molecule has 7 heteroatoms. The van der Waals surface area contributed by atoms with Gasteiger partial charge in [-0.1, -0.05) is 19.4 Å². The number of rotatable bonds is 5. The first-order valence-corrected chi connectivity index (χ1v) is 10.6. The standard InChI is InChI=1S/C23H30N2O5/c1-5-14-12-25-10-9-23(19(25)11-15(14)16(13-28-2)21(26)30-4)20-17(24-22(23)27)7-6-8-18(20)29-3/h6-8,13-15,19H,5,9-12H2,1-4H3,(H,24,27)/t14-,15-,19+,23+/m1/s1. The molecule has 4 rings (SSSR count). The van der Waals surface area contributed by atoms with Crippen molar-refractivity contribution in [3.05, 3.63) is 35.6 Å². The van der Waals surface area contributed by atoms with E-state index in [4.69, 9.17) is 14.2 Å². The number of nitrogens with one attached hydrogen (secondary N) is 1. The Bertz CT molecular complexity index is 882. The summed E-state index contributed by atoms with van der Waals surface area (Å²) in [6, 6.07) is 5.74. The van der Waals surface area contributed by atoms with Gasteiger partial charge in [-0.2, -0.15) is 0 Å². The average Bonchev–Trinajstić information content (AvgIpc) is 3.28. The molecule has 0 aromatic heterocycles. The van der Waals surface area contributed by atoms with Gasteiger partial charge in [-0.3, -0.25) is 9.69 Å². The van der Waals surface area contributed by atoms with Crippen LogP contribution in [0.2, 0.25) is 0 Å². The third-order valence-corrected chi connectivity index (χ3v) is 7.25. The quantitative estimate of drug-likeness (QED) is 0.454. The third kappa shape index (κ3) is 2.90. The van der Waals surface area contributed by atoms with Crippen LogP contribution in [0, 0.1) is 11.8 Å². The van der Waals surface area contributed by atoms with E-state index in [1.807, 2.05) is 18.2 Å². The summed E-state index contributed by atoms with van der Waals surface area (Å²) in [6.45, 7) is 3.83. The number of fused-ring (bicyclic) bond motifs is 4. The number of nitrogens with zero attached hydrogens (tertiary/aromatic N) is 1. The maximum atomic E-state index is 13.4. The van der Waals surface area contributed by atoms with E-state index in [2.05, 4.69) is 17.1 Å². The van der Waals surface area contributed by atoms with Gasteiger partial charge in [0.05, 0.1) is 38.6 Å². The van der Waals surface area contributed by atoms with Crippen molar-refractivity contribution in [1.29, 1.82) is 0 Å². The lowest BCUT2D eigenvalue weighted by Gasteiger charge is -2.45. The third-order valence-electron chi connectivity index (χ3n) is 7.25. The second-order valence-corrected chi connectivity index (χ2v) is 8.38. The van der Waals surface area contributed by atoms with Gasteiger partial charge in [0, 0.05) is 23.8 Å². The van der Waals surface area contributed by atoms with E-state index in [1.165, 1.54) is 13.4 Å². The molecule has 3 heterocycles. The molecule has 1 spiro atoms. The number of carbonyl (C=O) groups excluding carboxylic acids is 2. The Kier molecular flexibility index (Phi) is 5.49. The van der Waals surface area contributed by atoms with Crippen LogP contribution in [0.3, 0.4) is 0 Å². The molecule has 3 aliphatic heterocycles. The molecule has 0 unspecified atom stereocenters. The predicted molar refractivity (Wildman–Crippen MR) is 112 cm³/mol. The van der Waals surface area contributed by atoms with Crippen molar-refractivity contribution in [2.75, 3.05) is 39.7 Å². The zero-order valence-electron chi connectivity index (χ0n) is 18.1. The van der Waals surface area contributed by atoms with Crippen LogP contribution in [-0.2, 0) is 24.5 Å². The van der Waals surface area contributed by atoms with Gasteiger partial charge >= 0.3 is 5.97 Å². The second-order valence-electron chi connectivity index (χ2n) is 8.38. The second kappa shape index (κ2) is 7.95. The summed E-state index contributed by atoms with van der Waals surface area (Å²) in [7, 11) is 4.58. The molecule has 4 atom stereocenters. The number of esters is 1. The van der Waals surface area contributed by atoms with Crippen LogP contribution in [0.15, 0.2) is 30.0 Å². The van der Waals surface area contributed by atoms with E-state index < -0.39 is 5.41 Å². The van der Waals surface area contributed by atoms with Crippen LogP contribution >= 0.6 is 0 Å². The van der Waals surface area contributed by atoms with Crippen LogP contribution < -0.4 is 10.1 Å². The van der Waals surface area contributed by atoms with E-state index in [9.17, 15) is 9.59 Å². The van der Waals surface area contributed by atoms with Crippen molar-refractivity contribution >= 4 is 17.6 Å². The van der Waals surface area contributed by atoms with Crippen molar-refractivity contribution < 1.29 is 23.8 Å². The summed E-state index contributed by atoms with van der Waals surface area (Å²) < 4.78 is 16.0. The Labute approximate surface area is 177 Å². The topological polar surface area (TPSA) is 77.1 Å². The van der Waals surface area contributed by atoms with E-state index in [0.29, 0.717) is 17.9 Å². The number of hydrogen-bond acceptors (Lipinski definition) is 6. The molecule has 1 aromatic rings. The van der Waals surface area contributed by atoms with Gasteiger partial charge in [0.15, 0.2) is 0 Å². The van der Waals surface area contributed by atoms with Crippen molar-refractivity contribution in [2.24, 2.45) is 11.8 Å². The van der Waals surface area contributed by atoms with Gasteiger partial charge in [0.25, 0.3) is 0 Å². The van der Waals surface area contributed by atoms with Crippen LogP contribution in [0.5, 0.6) is 5.75 Å². The fourth-order valence-corrected chi connectivity index (χ4v) is 5.88. The molecule has 0 aliphatic carbocycles. The molecule has 162 valence electrons. The monoisotopic (exact) mass is 414 g/mol. The fourth-order valence-electron chi connectivity index (χ4n) is 5.88. The minimum atomic E-state index is -0.673. The van der Waals surface area contributed by atoms with Crippen molar-refractivity contribution in [2.45, 2.75) is 37.6 Å². The number of hydrogen-bond donors (Lipinski definition) is 1. The van der Waals surface area contributed by atoms with Gasteiger partial charge in [-0.15, -0.1) is 0 Å². The molecule has 2 saturated heterocycles. The molecular weight excluding hydrogens is 384 g/mol. The Morgan fingerprint density at radius 3 is 2.80 bits per heavy atom. The highest BCUT2D eigenvalue weighted by Crippen LogP contribution is 2.55. The summed E-state index contributed by atoms with van der Waals surface area (Å²) in [5.74, 6) is 0.652. The van der Waals surface area contributed by atoms with Crippen molar-refractivity contribution in [1.82, 2.24) is 4.90 Å². The molecule has 2 fully saturated rings. The van der Waals surface area contributed by atoms with E-state index >= 15 is 0 Å². The predicted octanol–water partition coefficient (Wildman–Crippen LogP) is 2.71. The summed E-state index contributed by atoms with van der Waals surface area (Å²) in [6.07, 6.45) is 3.88. The molecule has 0 bridgehead atoms. The van der Waals surface area contributed by atoms with Gasteiger partial charge < -0.3 is 19.5 Å². The maximum Gasteiger partial charge on any atom is 0.337 e. The normalized spacial score (nSPS) is 30.6. The molecular formula is C23H30N2O5. The fraction of sp³-hybridized carbons (Fsp3) is 0.565. The lowest BCUT2D eigenvalue weighted by Crippen LogP contribution is -2.53. The highest BCUT2D eigenvalue weighted by molar-refractivity contribution is 6.08. The molecule has 30 heavy (non-hydrogen) atoms. The van der Waals surface area contributed by atoms with Gasteiger partial charge in [-0.25, -0.2) is 4.79 Å². The number of piperidine rings is 1. The van der Waals surface area contributed by atoms with Gasteiger partial charge in [-0.05, 0) is 43.4 Å². The molecule has 1 N–H and O–H groups in total. The lowest BCUT2D eigenvalue weighted by atomic mass is 9.67. The van der Waals surface area contributed by atoms with Crippen LogP contribution in [0.4, 0.5) is 5.69 Å². The van der Waals surface area contributed by atoms with Crippen LogP contribution in [0.1, 0.15) is 31.7 Å². The number of methoxy groups -OCH3 is 3. The Balaban J connectivity index is 1.78. The number of carbonyl (C=O) groups is 2. The van der Waals surface area contributed by atoms with Gasteiger partial charge in [0.2, 0.25) is 5.91 Å². The highest BCUT2D eigenvalue weighted by atomic mass is 16.5. The van der Waals surface area contributed by atoms with E-state index in [1.54, 1.807) is 14.2 Å². The number of amides is 1. The van der Waals surface area contributed by atoms with Crippen molar-refractivity contribution in [3.8, 4) is 5.75 Å². The number of ether oxygens (including phenoxy) is 3. The largest absolute Gasteiger partial charge is 0.504 e. The zero-order valence-corrected chi connectivity index (χ0v) is 18.1. The van der Waals surface area contributed by atoms with Crippen LogP contribution in [-0.4, -0.2) is 57.2 Å². The first kappa shape index (κ1) is 20.7. The lowest BCUT2D eigenvalue weighted by molar-refractivity contribution is -0.137. The van der Waals surface area contributed by atoms with Crippen molar-refractivity contribution in [3.63, 3.8) is 0 Å². The van der Waals surface area contributed by atoms with Gasteiger partial charge in [0.1, 0.15) is 5.75 Å². The Morgan fingerprint density at radius 1 is 1.33 bits per heavy atom. The van der Waals surface area contributed by atoms with E-state index in [-0.39, 0.29) is 23.8 Å². The summed E-state index contributed by atoms with van der Waals surface area (Å²) >= 11 is 0. The zero-order chi connectivity index (χ0) is 21.5. The summed E-state index contributed by atoms with van der Waals surface area (Å²) in [5.41, 5.74) is 1.66. The molecule has 0 saturated carbocycles. The summed E-state index contributed by atoms with van der Waals surface area (Å²) in [5, 5.41) is 3.09. The number of benzene rings is 1. The minimum absolute atomic E-state index is 0.0206. The van der Waals surface area contributed by atoms with E-state index in [0.717, 1.165) is 42.9 Å². The average molecular weight is 415 g/mol. The molecule has 3 aliphatic rings. The van der Waals surface area contributed by atoms with Crippen LogP contribution in [0.25, 0.3) is 0 Å². The first-order chi connectivity index (χ1) is 14.5. The first-order valence-electron chi connectivity index (χ1n) is 10.6. The highest BCUT2D eigenvalue weighted by Gasteiger charge is 2.61. The smallest absolute Gasteiger partial charge is 0.337 e.